The van der Waals surface area contributed by atoms with Gasteiger partial charge in [-0.15, -0.1) is 0 Å². The van der Waals surface area contributed by atoms with Crippen molar-refractivity contribution >= 4 is 33.5 Å². The zero-order valence-corrected chi connectivity index (χ0v) is 16.5. The lowest BCUT2D eigenvalue weighted by atomic mass is 10.2. The van der Waals surface area contributed by atoms with Gasteiger partial charge in [-0.3, -0.25) is 19.5 Å². The number of halogens is 1. The molecule has 152 valence electrons. The number of aliphatic imine (C=N–C) groups is 1. The van der Waals surface area contributed by atoms with Crippen LogP contribution in [-0.4, -0.2) is 31.7 Å². The molecule has 0 radical (unpaired) electrons. The van der Waals surface area contributed by atoms with E-state index >= 15 is 0 Å². The van der Waals surface area contributed by atoms with Gasteiger partial charge in [0, 0.05) is 30.9 Å². The van der Waals surface area contributed by atoms with E-state index in [2.05, 4.69) is 20.0 Å². The van der Waals surface area contributed by atoms with E-state index in [4.69, 9.17) is 0 Å². The molecule has 0 aliphatic carbocycles. The van der Waals surface area contributed by atoms with Crippen LogP contribution in [0.3, 0.4) is 0 Å². The number of hydrogen-bond acceptors (Lipinski definition) is 5. The third kappa shape index (κ3) is 6.21. The lowest BCUT2D eigenvalue weighted by Gasteiger charge is -2.10. The van der Waals surface area contributed by atoms with Crippen LogP contribution < -0.4 is 10.0 Å². The molecule has 7 nitrogen and oxygen atoms in total. The molecule has 1 aromatic carbocycles. The molecule has 2 N–H and O–H groups in total. The van der Waals surface area contributed by atoms with E-state index in [1.165, 1.54) is 48.7 Å². The van der Waals surface area contributed by atoms with Crippen LogP contribution in [0.1, 0.15) is 31.2 Å². The highest BCUT2D eigenvalue weighted by molar-refractivity contribution is 7.90. The first-order valence-corrected chi connectivity index (χ1v) is 10.7. The summed E-state index contributed by atoms with van der Waals surface area (Å²) in [6.07, 6.45) is 8.69. The Kier molecular flexibility index (Phi) is 6.71. The Balaban J connectivity index is 1.61. The monoisotopic (exact) mass is 416 g/mol. The van der Waals surface area contributed by atoms with Crippen molar-refractivity contribution in [1.82, 2.24) is 9.71 Å². The second-order valence-corrected chi connectivity index (χ2v) is 8.21. The lowest BCUT2D eigenvalue weighted by molar-refractivity contribution is -0.111. The quantitative estimate of drug-likeness (QED) is 0.732. The Labute approximate surface area is 168 Å². The molecule has 0 saturated carbocycles. The summed E-state index contributed by atoms with van der Waals surface area (Å²) in [6.45, 7) is 0.627. The Bertz CT molecular complexity index is 1030. The maximum atomic E-state index is 13.1. The van der Waals surface area contributed by atoms with E-state index < -0.39 is 21.7 Å². The smallest absolute Gasteiger partial charge is 0.262 e. The van der Waals surface area contributed by atoms with Gasteiger partial charge in [-0.2, -0.15) is 0 Å². The van der Waals surface area contributed by atoms with Crippen molar-refractivity contribution in [2.45, 2.75) is 30.6 Å². The van der Waals surface area contributed by atoms with E-state index in [1.54, 1.807) is 0 Å². The average molecular weight is 416 g/mol. The maximum absolute atomic E-state index is 13.1. The second kappa shape index (κ2) is 9.42. The number of nitrogens with one attached hydrogen (secondary N) is 2. The largest absolute Gasteiger partial charge is 0.323 e. The van der Waals surface area contributed by atoms with Crippen molar-refractivity contribution in [2.75, 3.05) is 11.9 Å². The molecule has 0 unspecified atom stereocenters. The molecule has 1 aliphatic heterocycles. The molecule has 0 atom stereocenters. The van der Waals surface area contributed by atoms with E-state index in [1.807, 2.05) is 0 Å². The molecule has 0 spiro atoms. The van der Waals surface area contributed by atoms with Crippen molar-refractivity contribution in [3.63, 3.8) is 0 Å². The van der Waals surface area contributed by atoms with E-state index in [0.29, 0.717) is 30.1 Å². The van der Waals surface area contributed by atoms with Gasteiger partial charge in [0.15, 0.2) is 0 Å². The summed E-state index contributed by atoms with van der Waals surface area (Å²) in [5.74, 6) is -0.444. The molecule has 29 heavy (non-hydrogen) atoms. The Hall–Kier alpha value is -3.07. The predicted molar refractivity (Wildman–Crippen MR) is 109 cm³/mol. The van der Waals surface area contributed by atoms with Crippen LogP contribution in [0.25, 0.3) is 6.08 Å². The van der Waals surface area contributed by atoms with Crippen molar-refractivity contribution in [3.8, 4) is 0 Å². The Morgan fingerprint density at radius 3 is 2.66 bits per heavy atom. The molecule has 2 heterocycles. The van der Waals surface area contributed by atoms with Gasteiger partial charge in [0.25, 0.3) is 10.0 Å². The number of aromatic nitrogens is 1. The molecule has 3 rings (SSSR count). The van der Waals surface area contributed by atoms with Crippen molar-refractivity contribution < 1.29 is 17.6 Å². The number of sulfonamides is 1. The number of carbonyl (C=O) groups is 1. The number of pyridine rings is 1. The summed E-state index contributed by atoms with van der Waals surface area (Å²) in [5.41, 5.74) is 0.886. The number of amides is 1. The summed E-state index contributed by atoms with van der Waals surface area (Å²) >= 11 is 0. The first-order chi connectivity index (χ1) is 13.9. The third-order valence-electron chi connectivity index (χ3n) is 4.21. The van der Waals surface area contributed by atoms with E-state index in [9.17, 15) is 17.6 Å². The van der Waals surface area contributed by atoms with Crippen molar-refractivity contribution in [2.24, 2.45) is 4.99 Å². The van der Waals surface area contributed by atoms with Crippen LogP contribution in [-0.2, 0) is 14.8 Å². The topological polar surface area (TPSA) is 101 Å². The molecule has 1 aromatic heterocycles. The molecule has 1 aliphatic rings. The highest BCUT2D eigenvalue weighted by atomic mass is 32.2. The third-order valence-corrected chi connectivity index (χ3v) is 5.61. The van der Waals surface area contributed by atoms with E-state index in [0.717, 1.165) is 25.5 Å². The summed E-state index contributed by atoms with van der Waals surface area (Å²) < 4.78 is 40.6. The summed E-state index contributed by atoms with van der Waals surface area (Å²) in [7, 11) is -3.72. The maximum Gasteiger partial charge on any atom is 0.262 e. The van der Waals surface area contributed by atoms with Crippen molar-refractivity contribution in [3.05, 3.63) is 60.2 Å². The van der Waals surface area contributed by atoms with Gasteiger partial charge in [0.05, 0.1) is 11.1 Å². The van der Waals surface area contributed by atoms with E-state index in [-0.39, 0.29) is 4.90 Å². The van der Waals surface area contributed by atoms with Crippen LogP contribution in [0, 0.1) is 5.82 Å². The number of anilines is 1. The molecule has 2 aromatic rings. The molecule has 9 heteroatoms. The molecular formula is C20H21FN4O3S. The Morgan fingerprint density at radius 1 is 1.10 bits per heavy atom. The fourth-order valence-electron chi connectivity index (χ4n) is 2.76. The van der Waals surface area contributed by atoms with Gasteiger partial charge in [0.2, 0.25) is 5.91 Å². The number of benzene rings is 1. The fourth-order valence-corrected chi connectivity index (χ4v) is 3.85. The minimum Gasteiger partial charge on any atom is -0.323 e. The van der Waals surface area contributed by atoms with Gasteiger partial charge in [0.1, 0.15) is 11.7 Å². The summed E-state index contributed by atoms with van der Waals surface area (Å²) in [5, 5.41) is 2.62. The number of nitrogens with zero attached hydrogens (tertiary/aromatic N) is 2. The number of amidine groups is 1. The standard InChI is InChI=1S/C20H21FN4O3S/c21-16-12-15(13-22-14-16)5-10-20(26)24-17-6-8-18(9-7-17)29(27,28)25-19-4-2-1-3-11-23-19/h5-10,12-14H,1-4,11H2,(H,23,25)(H,24,26)/b10-5+. The van der Waals surface area contributed by atoms with Gasteiger partial charge in [-0.1, -0.05) is 6.42 Å². The second-order valence-electron chi connectivity index (χ2n) is 6.53. The molecule has 0 bridgehead atoms. The lowest BCUT2D eigenvalue weighted by Crippen LogP contribution is -2.30. The number of rotatable bonds is 5. The Morgan fingerprint density at radius 2 is 1.90 bits per heavy atom. The molecular weight excluding hydrogens is 395 g/mol. The number of carbonyl (C=O) groups excluding carboxylic acids is 1. The van der Waals surface area contributed by atoms with Gasteiger partial charge >= 0.3 is 0 Å². The van der Waals surface area contributed by atoms with Crippen LogP contribution in [0.15, 0.2) is 58.7 Å². The minimum atomic E-state index is -3.72. The summed E-state index contributed by atoms with van der Waals surface area (Å²) in [4.78, 5) is 20.0. The fraction of sp³-hybridized carbons (Fsp3) is 0.250. The van der Waals surface area contributed by atoms with Crippen LogP contribution in [0.5, 0.6) is 0 Å². The van der Waals surface area contributed by atoms with Gasteiger partial charge in [-0.25, -0.2) is 12.8 Å². The highest BCUT2D eigenvalue weighted by Crippen LogP contribution is 2.15. The molecule has 0 saturated heterocycles. The predicted octanol–water partition coefficient (Wildman–Crippen LogP) is 3.12. The summed E-state index contributed by atoms with van der Waals surface area (Å²) in [6, 6.07) is 7.07. The normalized spacial score (nSPS) is 14.9. The average Bonchev–Trinajstić information content (AvgIpc) is 2.95. The first-order valence-electron chi connectivity index (χ1n) is 9.18. The molecule has 0 fully saturated rings. The first kappa shape index (κ1) is 20.7. The SMILES string of the molecule is O=C(/C=C/c1cncc(F)c1)Nc1ccc(S(=O)(=O)NC2=NCCCCC2)cc1. The van der Waals surface area contributed by atoms with Gasteiger partial charge < -0.3 is 5.32 Å². The van der Waals surface area contributed by atoms with Crippen LogP contribution in [0.4, 0.5) is 10.1 Å². The number of hydrogen-bond donors (Lipinski definition) is 2. The van der Waals surface area contributed by atoms with Crippen LogP contribution >= 0.6 is 0 Å². The highest BCUT2D eigenvalue weighted by Gasteiger charge is 2.17. The minimum absolute atomic E-state index is 0.0869. The van der Waals surface area contributed by atoms with Gasteiger partial charge in [-0.05, 0) is 54.8 Å². The van der Waals surface area contributed by atoms with Crippen molar-refractivity contribution in [1.29, 1.82) is 0 Å². The molecule has 1 amide bonds. The zero-order valence-electron chi connectivity index (χ0n) is 15.6. The van der Waals surface area contributed by atoms with Crippen LogP contribution in [0.2, 0.25) is 0 Å². The zero-order chi connectivity index (χ0) is 20.7.